The number of aryl methyl sites for hydroxylation is 1. The van der Waals surface area contributed by atoms with E-state index in [1.54, 1.807) is 19.4 Å². The van der Waals surface area contributed by atoms with Crippen molar-refractivity contribution in [2.75, 3.05) is 7.05 Å². The lowest BCUT2D eigenvalue weighted by atomic mass is 10.1. The van der Waals surface area contributed by atoms with Gasteiger partial charge < -0.3 is 10.1 Å². The second kappa shape index (κ2) is 8.10. The maximum absolute atomic E-state index is 11.3. The molecular formula is C19H20N4O2. The van der Waals surface area contributed by atoms with Gasteiger partial charge in [0.1, 0.15) is 12.4 Å². The van der Waals surface area contributed by atoms with E-state index in [0.717, 1.165) is 22.5 Å². The summed E-state index contributed by atoms with van der Waals surface area (Å²) in [5.41, 5.74) is 3.88. The van der Waals surface area contributed by atoms with Crippen molar-refractivity contribution in [3.8, 4) is 17.1 Å². The van der Waals surface area contributed by atoms with Gasteiger partial charge >= 0.3 is 0 Å². The van der Waals surface area contributed by atoms with Gasteiger partial charge in [-0.2, -0.15) is 5.10 Å². The quantitative estimate of drug-likeness (QED) is 0.695. The van der Waals surface area contributed by atoms with E-state index in [1.807, 2.05) is 36.4 Å². The molecule has 2 aromatic heterocycles. The molecular weight excluding hydrogens is 316 g/mol. The Morgan fingerprint density at radius 3 is 2.80 bits per heavy atom. The summed E-state index contributed by atoms with van der Waals surface area (Å²) in [5, 5.41) is 9.43. The summed E-state index contributed by atoms with van der Waals surface area (Å²) in [7, 11) is 1.65. The number of nitrogens with one attached hydrogen (secondary N) is 2. The van der Waals surface area contributed by atoms with E-state index in [2.05, 4.69) is 26.6 Å². The van der Waals surface area contributed by atoms with Gasteiger partial charge in [-0.1, -0.05) is 24.3 Å². The Bertz CT molecular complexity index is 814. The van der Waals surface area contributed by atoms with Crippen molar-refractivity contribution in [1.82, 2.24) is 20.5 Å². The van der Waals surface area contributed by atoms with Crippen LogP contribution in [0.5, 0.6) is 5.75 Å². The van der Waals surface area contributed by atoms with Crippen LogP contribution >= 0.6 is 0 Å². The highest BCUT2D eigenvalue weighted by molar-refractivity contribution is 5.75. The molecule has 0 radical (unpaired) electrons. The van der Waals surface area contributed by atoms with Crippen LogP contribution in [0.2, 0.25) is 0 Å². The standard InChI is InChI=1S/C19H20N4O2/c1-20-19(24)8-5-14-3-2-4-15(11-14)13-25-16-6-7-17(21-12-16)18-9-10-22-23-18/h2-4,6-7,9-12H,5,8,13H2,1H3,(H,20,24)(H,22,23). The lowest BCUT2D eigenvalue weighted by Crippen LogP contribution is -2.17. The number of ether oxygens (including phenoxy) is 1. The van der Waals surface area contributed by atoms with Gasteiger partial charge in [0.05, 0.1) is 17.6 Å². The van der Waals surface area contributed by atoms with Gasteiger partial charge in [0.25, 0.3) is 0 Å². The Morgan fingerprint density at radius 1 is 1.20 bits per heavy atom. The molecule has 2 N–H and O–H groups in total. The number of aromatic amines is 1. The lowest BCUT2D eigenvalue weighted by molar-refractivity contribution is -0.120. The first-order chi connectivity index (χ1) is 12.2. The fourth-order valence-corrected chi connectivity index (χ4v) is 2.45. The minimum absolute atomic E-state index is 0.0464. The van der Waals surface area contributed by atoms with Gasteiger partial charge in [0.15, 0.2) is 0 Å². The third-order valence-electron chi connectivity index (χ3n) is 3.83. The summed E-state index contributed by atoms with van der Waals surface area (Å²) >= 11 is 0. The fraction of sp³-hybridized carbons (Fsp3) is 0.211. The first-order valence-electron chi connectivity index (χ1n) is 8.11. The summed E-state index contributed by atoms with van der Waals surface area (Å²) < 4.78 is 5.80. The van der Waals surface area contributed by atoms with Crippen LogP contribution in [0.15, 0.2) is 54.9 Å². The van der Waals surface area contributed by atoms with Crippen LogP contribution in [0.1, 0.15) is 17.5 Å². The third kappa shape index (κ3) is 4.67. The first kappa shape index (κ1) is 16.7. The SMILES string of the molecule is CNC(=O)CCc1cccc(COc2ccc(-c3ccn[nH]3)nc2)c1. The molecule has 25 heavy (non-hydrogen) atoms. The summed E-state index contributed by atoms with van der Waals surface area (Å²) in [6.45, 7) is 0.457. The van der Waals surface area contributed by atoms with Gasteiger partial charge in [-0.25, -0.2) is 0 Å². The maximum atomic E-state index is 11.3. The Labute approximate surface area is 146 Å². The average Bonchev–Trinajstić information content (AvgIpc) is 3.20. The second-order valence-corrected chi connectivity index (χ2v) is 5.63. The smallest absolute Gasteiger partial charge is 0.220 e. The largest absolute Gasteiger partial charge is 0.487 e. The molecule has 0 saturated heterocycles. The molecule has 3 rings (SSSR count). The number of benzene rings is 1. The molecule has 0 spiro atoms. The number of carbonyl (C=O) groups is 1. The highest BCUT2D eigenvalue weighted by Gasteiger charge is 2.03. The molecule has 0 aliphatic carbocycles. The number of rotatable bonds is 7. The van der Waals surface area contributed by atoms with Crippen molar-refractivity contribution in [1.29, 1.82) is 0 Å². The van der Waals surface area contributed by atoms with Crippen molar-refractivity contribution in [2.45, 2.75) is 19.4 Å². The van der Waals surface area contributed by atoms with Crippen LogP contribution in [0, 0.1) is 0 Å². The predicted molar refractivity (Wildman–Crippen MR) is 95.0 cm³/mol. The van der Waals surface area contributed by atoms with E-state index >= 15 is 0 Å². The molecule has 0 bridgehead atoms. The summed E-state index contributed by atoms with van der Waals surface area (Å²) in [5.74, 6) is 0.754. The molecule has 3 aromatic rings. The van der Waals surface area contributed by atoms with E-state index in [-0.39, 0.29) is 5.91 Å². The monoisotopic (exact) mass is 336 g/mol. The number of carbonyl (C=O) groups excluding carboxylic acids is 1. The molecule has 0 unspecified atom stereocenters. The van der Waals surface area contributed by atoms with Gasteiger partial charge in [-0.15, -0.1) is 0 Å². The number of hydrogen-bond acceptors (Lipinski definition) is 4. The molecule has 6 nitrogen and oxygen atoms in total. The molecule has 0 aliphatic heterocycles. The average molecular weight is 336 g/mol. The molecule has 6 heteroatoms. The van der Waals surface area contributed by atoms with E-state index in [1.165, 1.54) is 0 Å². The summed E-state index contributed by atoms with van der Waals surface area (Å²) in [6, 6.07) is 13.7. The zero-order valence-corrected chi connectivity index (χ0v) is 14.0. The molecule has 1 amide bonds. The van der Waals surface area contributed by atoms with Crippen molar-refractivity contribution in [3.63, 3.8) is 0 Å². The maximum Gasteiger partial charge on any atom is 0.220 e. The van der Waals surface area contributed by atoms with Crippen LogP contribution < -0.4 is 10.1 Å². The predicted octanol–water partition coefficient (Wildman–Crippen LogP) is 2.73. The Balaban J connectivity index is 1.57. The van der Waals surface area contributed by atoms with E-state index in [0.29, 0.717) is 25.2 Å². The molecule has 0 fully saturated rings. The Hall–Kier alpha value is -3.15. The number of hydrogen-bond donors (Lipinski definition) is 2. The van der Waals surface area contributed by atoms with E-state index in [4.69, 9.17) is 4.74 Å². The van der Waals surface area contributed by atoms with E-state index < -0.39 is 0 Å². The molecule has 128 valence electrons. The number of pyridine rings is 1. The van der Waals surface area contributed by atoms with Gasteiger partial charge in [0, 0.05) is 19.7 Å². The number of amides is 1. The fourth-order valence-electron chi connectivity index (χ4n) is 2.45. The summed E-state index contributed by atoms with van der Waals surface area (Å²) in [6.07, 6.45) is 4.60. The normalized spacial score (nSPS) is 10.4. The van der Waals surface area contributed by atoms with Gasteiger partial charge in [-0.3, -0.25) is 14.9 Å². The number of H-pyrrole nitrogens is 1. The number of nitrogens with zero attached hydrogens (tertiary/aromatic N) is 2. The van der Waals surface area contributed by atoms with Crippen molar-refractivity contribution < 1.29 is 9.53 Å². The zero-order valence-electron chi connectivity index (χ0n) is 14.0. The highest BCUT2D eigenvalue weighted by atomic mass is 16.5. The van der Waals surface area contributed by atoms with Crippen LogP contribution in [0.25, 0.3) is 11.4 Å². The van der Waals surface area contributed by atoms with Gasteiger partial charge in [-0.05, 0) is 35.7 Å². The van der Waals surface area contributed by atoms with Gasteiger partial charge in [0.2, 0.25) is 5.91 Å². The van der Waals surface area contributed by atoms with Crippen molar-refractivity contribution in [2.24, 2.45) is 0 Å². The van der Waals surface area contributed by atoms with Crippen LogP contribution in [0.3, 0.4) is 0 Å². The lowest BCUT2D eigenvalue weighted by Gasteiger charge is -2.08. The van der Waals surface area contributed by atoms with E-state index in [9.17, 15) is 4.79 Å². The minimum Gasteiger partial charge on any atom is -0.487 e. The van der Waals surface area contributed by atoms with Crippen LogP contribution in [-0.4, -0.2) is 28.1 Å². The molecule has 1 aromatic carbocycles. The highest BCUT2D eigenvalue weighted by Crippen LogP contribution is 2.18. The Morgan fingerprint density at radius 2 is 2.08 bits per heavy atom. The topological polar surface area (TPSA) is 79.9 Å². The molecule has 0 atom stereocenters. The van der Waals surface area contributed by atoms with Crippen molar-refractivity contribution >= 4 is 5.91 Å². The van der Waals surface area contributed by atoms with Crippen molar-refractivity contribution in [3.05, 3.63) is 66.0 Å². The second-order valence-electron chi connectivity index (χ2n) is 5.63. The van der Waals surface area contributed by atoms with Crippen LogP contribution in [0.4, 0.5) is 0 Å². The molecule has 2 heterocycles. The zero-order chi connectivity index (χ0) is 17.5. The number of aromatic nitrogens is 3. The van der Waals surface area contributed by atoms with Crippen LogP contribution in [-0.2, 0) is 17.8 Å². The molecule has 0 aliphatic rings. The minimum atomic E-state index is 0.0464. The summed E-state index contributed by atoms with van der Waals surface area (Å²) in [4.78, 5) is 15.7. The molecule has 0 saturated carbocycles. The first-order valence-corrected chi connectivity index (χ1v) is 8.11. The Kier molecular flexibility index (Phi) is 5.41. The third-order valence-corrected chi connectivity index (χ3v) is 3.83.